The van der Waals surface area contributed by atoms with E-state index in [1.165, 1.54) is 0 Å². The summed E-state index contributed by atoms with van der Waals surface area (Å²) in [5, 5.41) is 11.7. The van der Waals surface area contributed by atoms with Crippen molar-refractivity contribution in [3.63, 3.8) is 0 Å². The minimum atomic E-state index is 0.0119. The Hall–Kier alpha value is -0.770. The van der Waals surface area contributed by atoms with Gasteiger partial charge in [-0.3, -0.25) is 0 Å². The monoisotopic (exact) mass is 186 g/mol. The van der Waals surface area contributed by atoms with Gasteiger partial charge in [-0.1, -0.05) is 6.92 Å². The van der Waals surface area contributed by atoms with Crippen LogP contribution in [0.3, 0.4) is 0 Å². The molecule has 0 aromatic carbocycles. The van der Waals surface area contributed by atoms with Crippen molar-refractivity contribution >= 4 is 6.03 Å². The predicted molar refractivity (Wildman–Crippen MR) is 50.5 cm³/mol. The second kappa shape index (κ2) is 5.07. The van der Waals surface area contributed by atoms with Crippen LogP contribution < -0.4 is 5.32 Å². The van der Waals surface area contributed by atoms with Crippen LogP contribution in [0.25, 0.3) is 0 Å². The summed E-state index contributed by atoms with van der Waals surface area (Å²) in [7, 11) is 0. The molecule has 1 aliphatic heterocycles. The zero-order valence-corrected chi connectivity index (χ0v) is 8.12. The maximum Gasteiger partial charge on any atom is 0.317 e. The number of nitrogens with one attached hydrogen (secondary N) is 1. The van der Waals surface area contributed by atoms with E-state index in [4.69, 9.17) is 5.11 Å². The van der Waals surface area contributed by atoms with Crippen LogP contribution in [0, 0.1) is 5.92 Å². The first-order valence-electron chi connectivity index (χ1n) is 4.91. The van der Waals surface area contributed by atoms with Crippen LogP contribution in [0.2, 0.25) is 0 Å². The van der Waals surface area contributed by atoms with Crippen LogP contribution in [0.1, 0.15) is 19.8 Å². The molecule has 0 aliphatic carbocycles. The molecule has 2 amide bonds. The van der Waals surface area contributed by atoms with Crippen LogP contribution in [0.4, 0.5) is 4.79 Å². The van der Waals surface area contributed by atoms with Gasteiger partial charge in [0.15, 0.2) is 0 Å². The quantitative estimate of drug-likeness (QED) is 0.671. The van der Waals surface area contributed by atoms with Crippen molar-refractivity contribution in [1.29, 1.82) is 0 Å². The highest BCUT2D eigenvalue weighted by Gasteiger charge is 2.24. The summed E-state index contributed by atoms with van der Waals surface area (Å²) >= 11 is 0. The zero-order valence-electron chi connectivity index (χ0n) is 8.12. The number of carbonyl (C=O) groups is 1. The third-order valence-electron chi connectivity index (χ3n) is 2.36. The van der Waals surface area contributed by atoms with Crippen molar-refractivity contribution in [2.45, 2.75) is 19.8 Å². The SMILES string of the molecule is CCCNC(=O)N1CCC(CO)C1. The molecule has 0 radical (unpaired) electrons. The molecule has 1 fully saturated rings. The molecule has 1 saturated heterocycles. The van der Waals surface area contributed by atoms with Gasteiger partial charge in [-0.25, -0.2) is 4.79 Å². The molecule has 1 unspecified atom stereocenters. The Kier molecular flexibility index (Phi) is 4.02. The van der Waals surface area contributed by atoms with E-state index in [1.807, 2.05) is 6.92 Å². The van der Waals surface area contributed by atoms with E-state index < -0.39 is 0 Å². The number of carbonyl (C=O) groups excluding carboxylic acids is 1. The van der Waals surface area contributed by atoms with Crippen molar-refractivity contribution in [2.75, 3.05) is 26.2 Å². The minimum absolute atomic E-state index is 0.0119. The maximum atomic E-state index is 11.4. The Bertz CT molecular complexity index is 173. The van der Waals surface area contributed by atoms with Crippen molar-refractivity contribution < 1.29 is 9.90 Å². The van der Waals surface area contributed by atoms with Crippen LogP contribution in [0.5, 0.6) is 0 Å². The topological polar surface area (TPSA) is 52.6 Å². The fourth-order valence-corrected chi connectivity index (χ4v) is 1.51. The van der Waals surface area contributed by atoms with Gasteiger partial charge >= 0.3 is 6.03 Å². The van der Waals surface area contributed by atoms with Crippen LogP contribution in [-0.4, -0.2) is 42.3 Å². The molecule has 76 valence electrons. The van der Waals surface area contributed by atoms with Crippen LogP contribution >= 0.6 is 0 Å². The van der Waals surface area contributed by atoms with Gasteiger partial charge in [0, 0.05) is 32.2 Å². The molecule has 2 N–H and O–H groups in total. The van der Waals surface area contributed by atoms with E-state index in [0.29, 0.717) is 6.54 Å². The first-order chi connectivity index (χ1) is 6.27. The number of hydrogen-bond acceptors (Lipinski definition) is 2. The van der Waals surface area contributed by atoms with Crippen LogP contribution in [-0.2, 0) is 0 Å². The highest BCUT2D eigenvalue weighted by atomic mass is 16.3. The Morgan fingerprint density at radius 2 is 2.46 bits per heavy atom. The van der Waals surface area contributed by atoms with E-state index in [0.717, 1.165) is 25.9 Å². The lowest BCUT2D eigenvalue weighted by molar-refractivity contribution is 0.198. The number of rotatable bonds is 3. The second-order valence-corrected chi connectivity index (χ2v) is 3.52. The summed E-state index contributed by atoms with van der Waals surface area (Å²) in [5.41, 5.74) is 0. The van der Waals surface area contributed by atoms with Crippen molar-refractivity contribution in [2.24, 2.45) is 5.92 Å². The first-order valence-corrected chi connectivity index (χ1v) is 4.91. The van der Waals surface area contributed by atoms with Crippen LogP contribution in [0.15, 0.2) is 0 Å². The standard InChI is InChI=1S/C9H18N2O2/c1-2-4-10-9(13)11-5-3-8(6-11)7-12/h8,12H,2-7H2,1H3,(H,10,13). The first kappa shape index (κ1) is 10.3. The largest absolute Gasteiger partial charge is 0.396 e. The molecule has 0 aromatic rings. The highest BCUT2D eigenvalue weighted by molar-refractivity contribution is 5.74. The highest BCUT2D eigenvalue weighted by Crippen LogP contribution is 2.14. The fourth-order valence-electron chi connectivity index (χ4n) is 1.51. The van der Waals surface area contributed by atoms with Gasteiger partial charge in [0.2, 0.25) is 0 Å². The molecule has 0 spiro atoms. The molecule has 0 aromatic heterocycles. The van der Waals surface area contributed by atoms with Gasteiger partial charge in [-0.2, -0.15) is 0 Å². The predicted octanol–water partition coefficient (Wildman–Crippen LogP) is 0.420. The third-order valence-corrected chi connectivity index (χ3v) is 2.36. The van der Waals surface area contributed by atoms with Gasteiger partial charge in [-0.05, 0) is 12.8 Å². The smallest absolute Gasteiger partial charge is 0.317 e. The Labute approximate surface area is 78.9 Å². The summed E-state index contributed by atoms with van der Waals surface area (Å²) in [5.74, 6) is 0.285. The lowest BCUT2D eigenvalue weighted by Gasteiger charge is -2.16. The number of nitrogens with zero attached hydrogens (tertiary/aromatic N) is 1. The molecule has 1 aliphatic rings. The van der Waals surface area contributed by atoms with Crippen molar-refractivity contribution in [3.05, 3.63) is 0 Å². The Morgan fingerprint density at radius 1 is 1.69 bits per heavy atom. The lowest BCUT2D eigenvalue weighted by atomic mass is 10.1. The molecule has 4 heteroatoms. The lowest BCUT2D eigenvalue weighted by Crippen LogP contribution is -2.38. The molecular weight excluding hydrogens is 168 g/mol. The molecule has 0 bridgehead atoms. The molecule has 1 heterocycles. The van der Waals surface area contributed by atoms with Gasteiger partial charge in [-0.15, -0.1) is 0 Å². The summed E-state index contributed by atoms with van der Waals surface area (Å²) in [4.78, 5) is 13.2. The van der Waals surface area contributed by atoms with E-state index in [-0.39, 0.29) is 18.6 Å². The minimum Gasteiger partial charge on any atom is -0.396 e. The number of aliphatic hydroxyl groups is 1. The molecule has 4 nitrogen and oxygen atoms in total. The molecule has 1 atom stereocenters. The number of urea groups is 1. The molecule has 0 saturated carbocycles. The molecule has 1 rings (SSSR count). The summed E-state index contributed by atoms with van der Waals surface area (Å²) in [6, 6.07) is 0.0119. The number of likely N-dealkylation sites (tertiary alicyclic amines) is 1. The molecular formula is C9H18N2O2. The number of aliphatic hydroxyl groups excluding tert-OH is 1. The van der Waals surface area contributed by atoms with Gasteiger partial charge in [0.25, 0.3) is 0 Å². The van der Waals surface area contributed by atoms with E-state index in [2.05, 4.69) is 5.32 Å². The average Bonchev–Trinajstić information content (AvgIpc) is 2.62. The summed E-state index contributed by atoms with van der Waals surface area (Å²) < 4.78 is 0. The fraction of sp³-hybridized carbons (Fsp3) is 0.889. The van der Waals surface area contributed by atoms with Gasteiger partial charge in [0.05, 0.1) is 0 Å². The van der Waals surface area contributed by atoms with E-state index in [1.54, 1.807) is 4.90 Å². The van der Waals surface area contributed by atoms with Crippen molar-refractivity contribution in [1.82, 2.24) is 10.2 Å². The Morgan fingerprint density at radius 3 is 3.00 bits per heavy atom. The van der Waals surface area contributed by atoms with E-state index >= 15 is 0 Å². The average molecular weight is 186 g/mol. The normalized spacial score (nSPS) is 22.0. The maximum absolute atomic E-state index is 11.4. The van der Waals surface area contributed by atoms with Crippen molar-refractivity contribution in [3.8, 4) is 0 Å². The molecule has 13 heavy (non-hydrogen) atoms. The third kappa shape index (κ3) is 2.88. The van der Waals surface area contributed by atoms with Gasteiger partial charge < -0.3 is 15.3 Å². The number of hydrogen-bond donors (Lipinski definition) is 2. The summed E-state index contributed by atoms with van der Waals surface area (Å²) in [6.45, 7) is 4.43. The second-order valence-electron chi connectivity index (χ2n) is 3.52. The van der Waals surface area contributed by atoms with E-state index in [9.17, 15) is 4.79 Å². The number of amides is 2. The van der Waals surface area contributed by atoms with Gasteiger partial charge in [0.1, 0.15) is 0 Å². The Balaban J connectivity index is 2.25. The summed E-state index contributed by atoms with van der Waals surface area (Å²) in [6.07, 6.45) is 1.89. The zero-order chi connectivity index (χ0) is 9.68.